The topological polar surface area (TPSA) is 50.7 Å². The van der Waals surface area contributed by atoms with E-state index in [0.29, 0.717) is 29.0 Å². The second-order valence-corrected chi connectivity index (χ2v) is 7.64. The number of amidine groups is 1. The second-order valence-electron chi connectivity index (χ2n) is 6.79. The van der Waals surface area contributed by atoms with Gasteiger partial charge in [-0.25, -0.2) is 0 Å². The molecule has 0 spiro atoms. The summed E-state index contributed by atoms with van der Waals surface area (Å²) in [6.07, 6.45) is -2.13. The van der Waals surface area contributed by atoms with Crippen molar-refractivity contribution in [2.75, 3.05) is 6.54 Å². The van der Waals surface area contributed by atoms with Crippen molar-refractivity contribution < 1.29 is 22.7 Å². The number of hydrogen-bond donors (Lipinski definition) is 1. The van der Waals surface area contributed by atoms with Gasteiger partial charge in [0, 0.05) is 23.5 Å². The van der Waals surface area contributed by atoms with Crippen LogP contribution in [0.5, 0.6) is 5.75 Å². The van der Waals surface area contributed by atoms with Gasteiger partial charge in [0.2, 0.25) is 5.91 Å². The Hall–Kier alpha value is -2.61. The van der Waals surface area contributed by atoms with Crippen LogP contribution in [0.15, 0.2) is 63.6 Å². The summed E-state index contributed by atoms with van der Waals surface area (Å²) in [7, 11) is 0. The molecule has 1 saturated heterocycles. The van der Waals surface area contributed by atoms with Gasteiger partial charge in [0.05, 0.1) is 16.6 Å². The first-order chi connectivity index (χ1) is 13.8. The molecule has 4 rings (SSSR count). The van der Waals surface area contributed by atoms with Crippen LogP contribution in [0, 0.1) is 0 Å². The summed E-state index contributed by atoms with van der Waals surface area (Å²) in [5.74, 6) is 0.848. The van der Waals surface area contributed by atoms with Gasteiger partial charge in [-0.2, -0.15) is 13.2 Å². The number of benzene rings is 2. The van der Waals surface area contributed by atoms with Crippen LogP contribution in [0.25, 0.3) is 0 Å². The molecule has 150 valence electrons. The predicted molar refractivity (Wildman–Crippen MR) is 106 cm³/mol. The first-order valence-electron chi connectivity index (χ1n) is 8.95. The Morgan fingerprint density at radius 3 is 2.76 bits per heavy atom. The molecule has 2 aliphatic rings. The van der Waals surface area contributed by atoms with E-state index in [2.05, 4.69) is 26.2 Å². The average molecular weight is 465 g/mol. The number of rotatable bonds is 4. The van der Waals surface area contributed by atoms with E-state index >= 15 is 0 Å². The molecule has 1 unspecified atom stereocenters. The summed E-state index contributed by atoms with van der Waals surface area (Å²) in [5, 5.41) is 2.77. The number of halogens is 4. The molecule has 2 aliphatic heterocycles. The van der Waals surface area contributed by atoms with E-state index in [1.54, 1.807) is 12.1 Å². The zero-order chi connectivity index (χ0) is 20.6. The SMILES string of the molecule is O=C1CC(c2ccc(OCc3ccccc3C(F)(F)F)c(Br)c2)C2=CCN=C2N1. The molecule has 0 aromatic heterocycles. The van der Waals surface area contributed by atoms with Crippen molar-refractivity contribution in [1.29, 1.82) is 0 Å². The lowest BCUT2D eigenvalue weighted by atomic mass is 9.85. The van der Waals surface area contributed by atoms with E-state index < -0.39 is 11.7 Å². The van der Waals surface area contributed by atoms with Gasteiger partial charge in [0.15, 0.2) is 0 Å². The molecule has 2 aromatic rings. The van der Waals surface area contributed by atoms with Crippen LogP contribution >= 0.6 is 15.9 Å². The van der Waals surface area contributed by atoms with Crippen molar-refractivity contribution in [3.05, 3.63) is 75.3 Å². The van der Waals surface area contributed by atoms with E-state index in [9.17, 15) is 18.0 Å². The largest absolute Gasteiger partial charge is 0.488 e. The molecule has 1 N–H and O–H groups in total. The van der Waals surface area contributed by atoms with Gasteiger partial charge in [0.1, 0.15) is 18.2 Å². The molecule has 1 fully saturated rings. The van der Waals surface area contributed by atoms with Crippen molar-refractivity contribution in [3.8, 4) is 5.75 Å². The average Bonchev–Trinajstić information content (AvgIpc) is 3.14. The van der Waals surface area contributed by atoms with E-state index in [1.165, 1.54) is 12.1 Å². The highest BCUT2D eigenvalue weighted by Crippen LogP contribution is 2.37. The maximum Gasteiger partial charge on any atom is 0.416 e. The molecule has 0 radical (unpaired) electrons. The summed E-state index contributed by atoms with van der Waals surface area (Å²) in [4.78, 5) is 16.2. The van der Waals surface area contributed by atoms with Gasteiger partial charge in [0.25, 0.3) is 0 Å². The van der Waals surface area contributed by atoms with Crippen LogP contribution < -0.4 is 10.1 Å². The molecular weight excluding hydrogens is 449 g/mol. The predicted octanol–water partition coefficient (Wildman–Crippen LogP) is 4.99. The normalized spacial score (nSPS) is 18.6. The van der Waals surface area contributed by atoms with Crippen LogP contribution in [-0.4, -0.2) is 18.3 Å². The zero-order valence-corrected chi connectivity index (χ0v) is 16.7. The Labute approximate surface area is 173 Å². The molecule has 4 nitrogen and oxygen atoms in total. The highest BCUT2D eigenvalue weighted by molar-refractivity contribution is 9.10. The lowest BCUT2D eigenvalue weighted by Gasteiger charge is -2.25. The standard InChI is InChI=1S/C21H16BrF3N2O2/c22-17-9-12(15-10-19(28)27-20-14(15)7-8-26-20)5-6-18(17)29-11-13-3-1-2-4-16(13)21(23,24)25/h1-7,9,15H,8,10-11H2,(H,26,27,28). The number of piperidine rings is 1. The molecule has 1 atom stereocenters. The van der Waals surface area contributed by atoms with Crippen molar-refractivity contribution in [2.45, 2.75) is 25.1 Å². The van der Waals surface area contributed by atoms with Gasteiger partial charge in [-0.3, -0.25) is 9.79 Å². The van der Waals surface area contributed by atoms with Gasteiger partial charge in [-0.1, -0.05) is 30.3 Å². The fourth-order valence-corrected chi connectivity index (χ4v) is 4.06. The smallest absolute Gasteiger partial charge is 0.416 e. The van der Waals surface area contributed by atoms with Gasteiger partial charge >= 0.3 is 6.18 Å². The summed E-state index contributed by atoms with van der Waals surface area (Å²) in [6, 6.07) is 10.7. The van der Waals surface area contributed by atoms with Crippen molar-refractivity contribution in [1.82, 2.24) is 5.32 Å². The number of hydrogen-bond acceptors (Lipinski definition) is 3. The number of fused-ring (bicyclic) bond motifs is 1. The lowest BCUT2D eigenvalue weighted by molar-refractivity contribution is -0.138. The first kappa shape index (κ1) is 19.7. The summed E-state index contributed by atoms with van der Waals surface area (Å²) in [6.45, 7) is 0.337. The Bertz CT molecular complexity index is 1030. The highest BCUT2D eigenvalue weighted by atomic mass is 79.9. The molecule has 0 aliphatic carbocycles. The summed E-state index contributed by atoms with van der Waals surface area (Å²) < 4.78 is 45.7. The van der Waals surface area contributed by atoms with Crippen LogP contribution in [0.2, 0.25) is 0 Å². The molecule has 1 amide bonds. The number of alkyl halides is 3. The maximum atomic E-state index is 13.1. The fourth-order valence-electron chi connectivity index (χ4n) is 3.55. The summed E-state index contributed by atoms with van der Waals surface area (Å²) in [5.41, 5.74) is 1.26. The first-order valence-corrected chi connectivity index (χ1v) is 9.74. The van der Waals surface area contributed by atoms with Gasteiger partial charge in [-0.15, -0.1) is 0 Å². The minimum absolute atomic E-state index is 0.0666. The quantitative estimate of drug-likeness (QED) is 0.692. The van der Waals surface area contributed by atoms with Crippen LogP contribution in [0.1, 0.15) is 29.0 Å². The minimum Gasteiger partial charge on any atom is -0.488 e. The van der Waals surface area contributed by atoms with Crippen LogP contribution in [-0.2, 0) is 17.6 Å². The molecule has 8 heteroatoms. The lowest BCUT2D eigenvalue weighted by Crippen LogP contribution is -2.38. The third kappa shape index (κ3) is 4.07. The molecule has 29 heavy (non-hydrogen) atoms. The highest BCUT2D eigenvalue weighted by Gasteiger charge is 2.33. The van der Waals surface area contributed by atoms with Crippen molar-refractivity contribution in [3.63, 3.8) is 0 Å². The number of nitrogens with zero attached hydrogens (tertiary/aromatic N) is 1. The molecular formula is C21H16BrF3N2O2. The van der Waals surface area contributed by atoms with Crippen molar-refractivity contribution in [2.24, 2.45) is 4.99 Å². The minimum atomic E-state index is -4.43. The number of carbonyl (C=O) groups excluding carboxylic acids is 1. The number of amides is 1. The van der Waals surface area contributed by atoms with E-state index in [1.807, 2.05) is 18.2 Å². The number of nitrogens with one attached hydrogen (secondary N) is 1. The molecule has 0 bridgehead atoms. The molecule has 2 heterocycles. The zero-order valence-electron chi connectivity index (χ0n) is 15.1. The molecule has 2 aromatic carbocycles. The van der Waals surface area contributed by atoms with E-state index in [0.717, 1.165) is 17.2 Å². The van der Waals surface area contributed by atoms with Crippen molar-refractivity contribution >= 4 is 27.7 Å². The van der Waals surface area contributed by atoms with Crippen LogP contribution in [0.3, 0.4) is 0 Å². The summed E-state index contributed by atoms with van der Waals surface area (Å²) >= 11 is 3.44. The van der Waals surface area contributed by atoms with Crippen LogP contribution in [0.4, 0.5) is 13.2 Å². The van der Waals surface area contributed by atoms with E-state index in [-0.39, 0.29) is 24.0 Å². The van der Waals surface area contributed by atoms with Gasteiger partial charge < -0.3 is 10.1 Å². The third-order valence-corrected chi connectivity index (χ3v) is 5.54. The van der Waals surface area contributed by atoms with E-state index in [4.69, 9.17) is 4.74 Å². The number of carbonyl (C=O) groups is 1. The Morgan fingerprint density at radius 2 is 2.00 bits per heavy atom. The Morgan fingerprint density at radius 1 is 1.21 bits per heavy atom. The number of ether oxygens (including phenoxy) is 1. The number of aliphatic imine (C=N–C) groups is 1. The molecule has 0 saturated carbocycles. The fraction of sp³-hybridized carbons (Fsp3) is 0.238. The monoisotopic (exact) mass is 464 g/mol. The Balaban J connectivity index is 1.53. The second kappa shape index (κ2) is 7.67. The Kier molecular flexibility index (Phi) is 5.21. The maximum absolute atomic E-state index is 13.1. The third-order valence-electron chi connectivity index (χ3n) is 4.92. The van der Waals surface area contributed by atoms with Gasteiger partial charge in [-0.05, 0) is 39.7 Å².